The van der Waals surface area contributed by atoms with E-state index in [2.05, 4.69) is 15.2 Å². The first kappa shape index (κ1) is 20.5. The number of hydrogen-bond donors (Lipinski definition) is 5. The number of anilines is 1. The minimum Gasteiger partial charge on any atom is -0.479 e. The molecule has 2 heterocycles. The van der Waals surface area contributed by atoms with Crippen LogP contribution in [0.5, 0.6) is 5.75 Å². The van der Waals surface area contributed by atoms with Gasteiger partial charge in [-0.1, -0.05) is 11.3 Å². The van der Waals surface area contributed by atoms with Gasteiger partial charge in [-0.05, 0) is 12.1 Å². The molecule has 0 radical (unpaired) electrons. The first-order chi connectivity index (χ1) is 13.0. The number of nitrogens with zero attached hydrogens (tertiary/aromatic N) is 1. The Balaban J connectivity index is 1.69. The number of alkyl halides is 3. The van der Waals surface area contributed by atoms with E-state index < -0.39 is 48.8 Å². The van der Waals surface area contributed by atoms with Crippen molar-refractivity contribution in [1.29, 1.82) is 0 Å². The summed E-state index contributed by atoms with van der Waals surface area (Å²) in [5, 5.41) is 38.1. The second kappa shape index (κ2) is 7.65. The van der Waals surface area contributed by atoms with Gasteiger partial charge in [0.05, 0.1) is 10.2 Å². The molecule has 5 N–H and O–H groups in total. The fraction of sp³-hybridized carbons (Fsp3) is 0.429. The number of fused-ring (bicyclic) bond motifs is 1. The molecule has 0 spiro atoms. The second-order valence-corrected chi connectivity index (χ2v) is 6.68. The monoisotopic (exact) mass is 426 g/mol. The van der Waals surface area contributed by atoms with Crippen molar-refractivity contribution in [2.75, 3.05) is 5.48 Å². The Morgan fingerprint density at radius 1 is 1.21 bits per heavy atom. The summed E-state index contributed by atoms with van der Waals surface area (Å²) in [6.45, 7) is 0. The molecule has 5 atom stereocenters. The maximum absolute atomic E-state index is 12.3. The molecule has 154 valence electrons. The number of carboxylic acid groups (broad SMARTS) is 1. The maximum Gasteiger partial charge on any atom is 0.573 e. The topological polar surface area (TPSA) is 151 Å². The van der Waals surface area contributed by atoms with Crippen molar-refractivity contribution < 1.29 is 52.7 Å². The van der Waals surface area contributed by atoms with E-state index in [1.165, 1.54) is 6.07 Å². The summed E-state index contributed by atoms with van der Waals surface area (Å²) in [6, 6.07) is 3.46. The predicted octanol–water partition coefficient (Wildman–Crippen LogP) is 0.431. The summed E-state index contributed by atoms with van der Waals surface area (Å²) in [5.41, 5.74) is 2.58. The third-order valence-electron chi connectivity index (χ3n) is 3.67. The molecule has 5 unspecified atom stereocenters. The third kappa shape index (κ3) is 4.43. The molecule has 1 aromatic carbocycles. The molecule has 0 bridgehead atoms. The maximum atomic E-state index is 12.3. The van der Waals surface area contributed by atoms with Crippen LogP contribution in [-0.2, 0) is 14.4 Å². The molecule has 1 aliphatic heterocycles. The quantitative estimate of drug-likeness (QED) is 0.426. The first-order valence-corrected chi connectivity index (χ1v) is 8.37. The number of aliphatic carboxylic acids is 1. The van der Waals surface area contributed by atoms with Gasteiger partial charge in [0, 0.05) is 6.07 Å². The van der Waals surface area contributed by atoms with Gasteiger partial charge in [-0.15, -0.1) is 13.2 Å². The summed E-state index contributed by atoms with van der Waals surface area (Å²) in [4.78, 5) is 20.1. The van der Waals surface area contributed by atoms with Crippen molar-refractivity contribution in [2.45, 2.75) is 37.1 Å². The number of aliphatic hydroxyl groups is 3. The SMILES string of the molecule is O=C(O)C1OC(ONc2nc3ccc(OC(F)(F)F)cc3s2)C(O)C(O)C1O. The molecule has 0 aliphatic carbocycles. The van der Waals surface area contributed by atoms with Crippen LogP contribution in [0.25, 0.3) is 10.2 Å². The molecular weight excluding hydrogens is 413 g/mol. The van der Waals surface area contributed by atoms with Gasteiger partial charge in [0.15, 0.2) is 6.10 Å². The standard InChI is InChI=1S/C14H13F3N2O8S/c15-14(16,17)26-4-1-2-5-6(3-4)28-13(18-5)19-27-12-9(22)7(20)8(21)10(25-12)11(23)24/h1-3,7-10,12,20-22H,(H,18,19)(H,23,24). The smallest absolute Gasteiger partial charge is 0.479 e. The highest BCUT2D eigenvalue weighted by molar-refractivity contribution is 7.22. The Morgan fingerprint density at radius 3 is 2.57 bits per heavy atom. The van der Waals surface area contributed by atoms with Gasteiger partial charge >= 0.3 is 12.3 Å². The molecule has 0 amide bonds. The van der Waals surface area contributed by atoms with E-state index in [9.17, 15) is 33.3 Å². The molecule has 1 fully saturated rings. The van der Waals surface area contributed by atoms with Crippen molar-refractivity contribution in [1.82, 2.24) is 4.98 Å². The van der Waals surface area contributed by atoms with Crippen LogP contribution in [0.3, 0.4) is 0 Å². The second-order valence-electron chi connectivity index (χ2n) is 5.65. The Bertz CT molecular complexity index is 863. The minimum atomic E-state index is -4.84. The summed E-state index contributed by atoms with van der Waals surface area (Å²) in [7, 11) is 0. The minimum absolute atomic E-state index is 0.0439. The van der Waals surface area contributed by atoms with Crippen molar-refractivity contribution in [3.8, 4) is 5.75 Å². The normalized spacial score (nSPS) is 28.3. The van der Waals surface area contributed by atoms with Crippen LogP contribution in [0, 0.1) is 0 Å². The van der Waals surface area contributed by atoms with E-state index in [1.54, 1.807) is 0 Å². The highest BCUT2D eigenvalue weighted by Gasteiger charge is 2.47. The molecule has 1 aromatic heterocycles. The van der Waals surface area contributed by atoms with Crippen molar-refractivity contribution in [2.24, 2.45) is 0 Å². The van der Waals surface area contributed by atoms with Crippen LogP contribution < -0.4 is 10.2 Å². The van der Waals surface area contributed by atoms with Gasteiger partial charge in [-0.25, -0.2) is 20.1 Å². The predicted molar refractivity (Wildman–Crippen MR) is 85.3 cm³/mol. The number of carbonyl (C=O) groups is 1. The Hall–Kier alpha value is -2.23. The number of aliphatic hydroxyl groups excluding tert-OH is 3. The van der Waals surface area contributed by atoms with Crippen molar-refractivity contribution >= 4 is 32.7 Å². The van der Waals surface area contributed by atoms with Crippen LogP contribution >= 0.6 is 11.3 Å². The van der Waals surface area contributed by atoms with Gasteiger partial charge < -0.3 is 29.9 Å². The average molecular weight is 426 g/mol. The molecule has 10 nitrogen and oxygen atoms in total. The highest BCUT2D eigenvalue weighted by atomic mass is 32.1. The lowest BCUT2D eigenvalue weighted by atomic mass is 9.99. The number of rotatable bonds is 5. The summed E-state index contributed by atoms with van der Waals surface area (Å²) in [5.74, 6) is -2.02. The Morgan fingerprint density at radius 2 is 1.93 bits per heavy atom. The van der Waals surface area contributed by atoms with Crippen LogP contribution in [0.15, 0.2) is 18.2 Å². The molecule has 0 saturated carbocycles. The number of carboxylic acids is 1. The number of halogens is 3. The van der Waals surface area contributed by atoms with Gasteiger partial charge in [-0.2, -0.15) is 0 Å². The van der Waals surface area contributed by atoms with Gasteiger partial charge in [-0.3, -0.25) is 0 Å². The lowest BCUT2D eigenvalue weighted by Crippen LogP contribution is -2.60. The van der Waals surface area contributed by atoms with Crippen molar-refractivity contribution in [3.63, 3.8) is 0 Å². The molecule has 2 aromatic rings. The van der Waals surface area contributed by atoms with E-state index in [-0.39, 0.29) is 5.13 Å². The number of nitrogens with one attached hydrogen (secondary N) is 1. The van der Waals surface area contributed by atoms with Crippen LogP contribution in [-0.4, -0.2) is 68.4 Å². The van der Waals surface area contributed by atoms with Crippen LogP contribution in [0.1, 0.15) is 0 Å². The largest absolute Gasteiger partial charge is 0.573 e. The van der Waals surface area contributed by atoms with E-state index in [0.717, 1.165) is 23.5 Å². The van der Waals surface area contributed by atoms with Crippen LogP contribution in [0.2, 0.25) is 0 Å². The number of benzene rings is 1. The fourth-order valence-electron chi connectivity index (χ4n) is 2.40. The Kier molecular flexibility index (Phi) is 5.60. The zero-order valence-electron chi connectivity index (χ0n) is 13.5. The third-order valence-corrected chi connectivity index (χ3v) is 4.58. The van der Waals surface area contributed by atoms with Gasteiger partial charge in [0.2, 0.25) is 11.4 Å². The van der Waals surface area contributed by atoms with Gasteiger partial charge in [0.25, 0.3) is 0 Å². The lowest BCUT2D eigenvalue weighted by molar-refractivity contribution is -0.287. The Labute approximate surface area is 157 Å². The number of ether oxygens (including phenoxy) is 2. The summed E-state index contributed by atoms with van der Waals surface area (Å²) < 4.78 is 45.8. The number of aromatic nitrogens is 1. The van der Waals surface area contributed by atoms with Crippen molar-refractivity contribution in [3.05, 3.63) is 18.2 Å². The zero-order chi connectivity index (χ0) is 20.6. The van der Waals surface area contributed by atoms with E-state index in [0.29, 0.717) is 10.2 Å². The summed E-state index contributed by atoms with van der Waals surface area (Å²) in [6.07, 6.45) is -13.9. The number of thiazole rings is 1. The molecule has 1 saturated heterocycles. The molecule has 28 heavy (non-hydrogen) atoms. The molecular formula is C14H13F3N2O8S. The molecule has 3 rings (SSSR count). The molecule has 14 heteroatoms. The first-order valence-electron chi connectivity index (χ1n) is 7.55. The number of hydrogen-bond acceptors (Lipinski definition) is 10. The highest BCUT2D eigenvalue weighted by Crippen LogP contribution is 2.32. The van der Waals surface area contributed by atoms with Crippen LogP contribution in [0.4, 0.5) is 18.3 Å². The average Bonchev–Trinajstić information content (AvgIpc) is 2.99. The van der Waals surface area contributed by atoms with E-state index >= 15 is 0 Å². The van der Waals surface area contributed by atoms with E-state index in [1.807, 2.05) is 0 Å². The summed E-state index contributed by atoms with van der Waals surface area (Å²) >= 11 is 0.876. The fourth-order valence-corrected chi connectivity index (χ4v) is 3.24. The molecule has 1 aliphatic rings. The lowest BCUT2D eigenvalue weighted by Gasteiger charge is -2.37. The zero-order valence-corrected chi connectivity index (χ0v) is 14.3. The van der Waals surface area contributed by atoms with Gasteiger partial charge in [0.1, 0.15) is 24.1 Å². The van der Waals surface area contributed by atoms with E-state index in [4.69, 9.17) is 14.7 Å².